The molecule has 1 aliphatic heterocycles. The van der Waals surface area contributed by atoms with Gasteiger partial charge in [-0.05, 0) is 49.6 Å². The van der Waals surface area contributed by atoms with E-state index in [4.69, 9.17) is 21.1 Å². The fourth-order valence-electron chi connectivity index (χ4n) is 3.63. The molecule has 162 valence electrons. The van der Waals surface area contributed by atoms with E-state index in [0.29, 0.717) is 26.1 Å². The van der Waals surface area contributed by atoms with Crippen LogP contribution in [-0.2, 0) is 11.3 Å². The maximum absolute atomic E-state index is 12.6. The summed E-state index contributed by atoms with van der Waals surface area (Å²) >= 11 is 5.97. The molecule has 5 nitrogen and oxygen atoms in total. The van der Waals surface area contributed by atoms with Gasteiger partial charge in [-0.1, -0.05) is 35.9 Å². The van der Waals surface area contributed by atoms with E-state index in [0.717, 1.165) is 55.7 Å². The minimum atomic E-state index is 0.213. The molecule has 1 saturated heterocycles. The van der Waals surface area contributed by atoms with Gasteiger partial charge in [0.25, 0.3) is 0 Å². The van der Waals surface area contributed by atoms with Crippen molar-refractivity contribution >= 4 is 17.5 Å². The Bertz CT molecular complexity index is 797. The Kier molecular flexibility index (Phi) is 8.84. The minimum absolute atomic E-state index is 0.213. The summed E-state index contributed by atoms with van der Waals surface area (Å²) in [6.07, 6.45) is 2.20. The van der Waals surface area contributed by atoms with E-state index < -0.39 is 0 Å². The normalized spacial score (nSPS) is 14.9. The van der Waals surface area contributed by atoms with Crippen molar-refractivity contribution in [2.24, 2.45) is 0 Å². The summed E-state index contributed by atoms with van der Waals surface area (Å²) in [5.74, 6) is 1.70. The molecule has 1 heterocycles. The van der Waals surface area contributed by atoms with E-state index >= 15 is 0 Å². The van der Waals surface area contributed by atoms with Gasteiger partial charge < -0.3 is 14.4 Å². The van der Waals surface area contributed by atoms with Crippen LogP contribution in [0, 0.1) is 0 Å². The molecule has 2 aromatic rings. The van der Waals surface area contributed by atoms with Crippen molar-refractivity contribution in [3.8, 4) is 11.5 Å². The van der Waals surface area contributed by atoms with Crippen LogP contribution in [0.4, 0.5) is 0 Å². The molecular formula is C24H31ClN2O3. The van der Waals surface area contributed by atoms with Crippen LogP contribution in [0.3, 0.4) is 0 Å². The lowest BCUT2D eigenvalue weighted by atomic mass is 10.2. The lowest BCUT2D eigenvalue weighted by molar-refractivity contribution is -0.131. The molecule has 0 N–H and O–H groups in total. The summed E-state index contributed by atoms with van der Waals surface area (Å²) in [6, 6.07) is 15.7. The Morgan fingerprint density at radius 1 is 0.967 bits per heavy atom. The molecule has 1 fully saturated rings. The lowest BCUT2D eigenvalue weighted by Crippen LogP contribution is -2.35. The Balaban J connectivity index is 1.39. The van der Waals surface area contributed by atoms with Gasteiger partial charge in [0.1, 0.15) is 0 Å². The number of nitrogens with zero attached hydrogens (tertiary/aromatic N) is 2. The zero-order valence-corrected chi connectivity index (χ0v) is 18.4. The molecule has 30 heavy (non-hydrogen) atoms. The highest BCUT2D eigenvalue weighted by Gasteiger charge is 2.19. The third-order valence-electron chi connectivity index (χ3n) is 5.20. The number of carbonyl (C=O) groups is 1. The van der Waals surface area contributed by atoms with Crippen LogP contribution in [0.2, 0.25) is 5.02 Å². The second-order valence-electron chi connectivity index (χ2n) is 7.47. The zero-order chi connectivity index (χ0) is 21.2. The molecule has 0 atom stereocenters. The van der Waals surface area contributed by atoms with E-state index in [1.165, 1.54) is 5.56 Å². The van der Waals surface area contributed by atoms with Gasteiger partial charge >= 0.3 is 0 Å². The highest BCUT2D eigenvalue weighted by Crippen LogP contribution is 2.26. The number of hydrogen-bond acceptors (Lipinski definition) is 4. The summed E-state index contributed by atoms with van der Waals surface area (Å²) in [5.41, 5.74) is 1.25. The van der Waals surface area contributed by atoms with Gasteiger partial charge in [0.05, 0.1) is 13.2 Å². The number of carbonyl (C=O) groups excluding carboxylic acids is 1. The first-order valence-electron chi connectivity index (χ1n) is 10.7. The molecule has 3 rings (SSSR count). The monoisotopic (exact) mass is 430 g/mol. The largest absolute Gasteiger partial charge is 0.490 e. The van der Waals surface area contributed by atoms with Crippen LogP contribution >= 0.6 is 11.6 Å². The quantitative estimate of drug-likeness (QED) is 0.544. The minimum Gasteiger partial charge on any atom is -0.490 e. The van der Waals surface area contributed by atoms with E-state index in [9.17, 15) is 4.79 Å². The van der Waals surface area contributed by atoms with Crippen molar-refractivity contribution in [3.63, 3.8) is 0 Å². The number of para-hydroxylation sites is 2. The smallest absolute Gasteiger partial charge is 0.222 e. The maximum Gasteiger partial charge on any atom is 0.222 e. The Labute approximate surface area is 184 Å². The van der Waals surface area contributed by atoms with Crippen molar-refractivity contribution < 1.29 is 14.3 Å². The van der Waals surface area contributed by atoms with Gasteiger partial charge in [0.2, 0.25) is 5.91 Å². The fourth-order valence-corrected chi connectivity index (χ4v) is 3.76. The Morgan fingerprint density at radius 2 is 1.70 bits per heavy atom. The molecule has 2 aromatic carbocycles. The van der Waals surface area contributed by atoms with E-state index in [1.54, 1.807) is 0 Å². The summed E-state index contributed by atoms with van der Waals surface area (Å²) in [4.78, 5) is 17.0. The number of halogens is 1. The van der Waals surface area contributed by atoms with Crippen molar-refractivity contribution in [1.82, 2.24) is 9.80 Å². The average Bonchev–Trinajstić information content (AvgIpc) is 3.00. The molecule has 0 aliphatic carbocycles. The van der Waals surface area contributed by atoms with E-state index in [-0.39, 0.29) is 5.91 Å². The first-order chi connectivity index (χ1) is 14.7. The summed E-state index contributed by atoms with van der Waals surface area (Å²) < 4.78 is 11.4. The molecule has 0 radical (unpaired) electrons. The second kappa shape index (κ2) is 11.8. The number of hydrogen-bond donors (Lipinski definition) is 0. The van der Waals surface area contributed by atoms with Gasteiger partial charge in [-0.2, -0.15) is 0 Å². The van der Waals surface area contributed by atoms with Gasteiger partial charge in [0, 0.05) is 44.2 Å². The topological polar surface area (TPSA) is 42.0 Å². The molecule has 0 aromatic heterocycles. The number of ether oxygens (including phenoxy) is 2. The summed E-state index contributed by atoms with van der Waals surface area (Å²) in [7, 11) is 0. The predicted octanol–water partition coefficient (Wildman–Crippen LogP) is 4.63. The average molecular weight is 431 g/mol. The van der Waals surface area contributed by atoms with Gasteiger partial charge in [-0.3, -0.25) is 9.69 Å². The maximum atomic E-state index is 12.6. The molecular weight excluding hydrogens is 400 g/mol. The van der Waals surface area contributed by atoms with Crippen molar-refractivity contribution in [2.75, 3.05) is 39.4 Å². The molecule has 6 heteroatoms. The number of amides is 1. The van der Waals surface area contributed by atoms with E-state index in [1.807, 2.05) is 48.2 Å². The van der Waals surface area contributed by atoms with E-state index in [2.05, 4.69) is 17.0 Å². The summed E-state index contributed by atoms with van der Waals surface area (Å²) in [6.45, 7) is 7.45. The van der Waals surface area contributed by atoms with Gasteiger partial charge in [-0.25, -0.2) is 0 Å². The first-order valence-corrected chi connectivity index (χ1v) is 11.1. The van der Waals surface area contributed by atoms with Crippen molar-refractivity contribution in [1.29, 1.82) is 0 Å². The molecule has 0 saturated carbocycles. The van der Waals surface area contributed by atoms with Gasteiger partial charge in [-0.15, -0.1) is 0 Å². The van der Waals surface area contributed by atoms with Crippen molar-refractivity contribution in [2.45, 2.75) is 32.7 Å². The molecule has 0 spiro atoms. The Hall–Kier alpha value is -2.24. The molecule has 1 aliphatic rings. The number of rotatable bonds is 9. The van der Waals surface area contributed by atoms with Crippen LogP contribution in [0.1, 0.15) is 31.7 Å². The highest BCUT2D eigenvalue weighted by molar-refractivity contribution is 6.30. The molecule has 0 bridgehead atoms. The fraction of sp³-hybridized carbons (Fsp3) is 0.458. The van der Waals surface area contributed by atoms with Crippen LogP contribution < -0.4 is 9.47 Å². The second-order valence-corrected chi connectivity index (χ2v) is 7.91. The molecule has 1 amide bonds. The molecule has 0 unspecified atom stereocenters. The van der Waals surface area contributed by atoms with Crippen LogP contribution in [0.25, 0.3) is 0 Å². The van der Waals surface area contributed by atoms with Crippen LogP contribution in [0.15, 0.2) is 48.5 Å². The van der Waals surface area contributed by atoms with Crippen molar-refractivity contribution in [3.05, 3.63) is 59.1 Å². The highest BCUT2D eigenvalue weighted by atomic mass is 35.5. The number of benzene rings is 2. The Morgan fingerprint density at radius 3 is 2.43 bits per heavy atom. The SMILES string of the molecule is CCOc1ccccc1OCCCC(=O)N1CCCN(Cc2ccc(Cl)cc2)CC1. The predicted molar refractivity (Wildman–Crippen MR) is 120 cm³/mol. The third kappa shape index (κ3) is 6.92. The van der Waals surface area contributed by atoms with Crippen LogP contribution in [-0.4, -0.2) is 55.1 Å². The first kappa shape index (κ1) is 22.4. The standard InChI is InChI=1S/C24H31ClN2O3/c1-2-29-22-7-3-4-8-23(22)30-18-5-9-24(28)27-15-6-14-26(16-17-27)19-20-10-12-21(25)13-11-20/h3-4,7-8,10-13H,2,5-6,9,14-19H2,1H3. The zero-order valence-electron chi connectivity index (χ0n) is 17.7. The van der Waals surface area contributed by atoms with Gasteiger partial charge in [0.15, 0.2) is 11.5 Å². The summed E-state index contributed by atoms with van der Waals surface area (Å²) in [5, 5.41) is 0.761. The lowest BCUT2D eigenvalue weighted by Gasteiger charge is -2.22. The third-order valence-corrected chi connectivity index (χ3v) is 5.45. The van der Waals surface area contributed by atoms with Crippen LogP contribution in [0.5, 0.6) is 11.5 Å².